The van der Waals surface area contributed by atoms with Crippen LogP contribution in [0, 0.1) is 12.7 Å². The number of nitrogens with one attached hydrogen (secondary N) is 1. The minimum atomic E-state index is -4.95. The lowest BCUT2D eigenvalue weighted by atomic mass is 9.86. The molecule has 2 atom stereocenters. The third-order valence-corrected chi connectivity index (χ3v) is 6.71. The van der Waals surface area contributed by atoms with Crippen LogP contribution in [-0.4, -0.2) is 28.6 Å². The molecule has 0 fully saturated rings. The van der Waals surface area contributed by atoms with E-state index in [2.05, 4.69) is 31.6 Å². The van der Waals surface area contributed by atoms with E-state index in [1.54, 1.807) is 6.92 Å². The molecular formula is C21H14BrCl2F4N3O3. The van der Waals surface area contributed by atoms with Crippen LogP contribution < -0.4 is 5.32 Å². The normalized spacial score (nSPS) is 22.1. The van der Waals surface area contributed by atoms with Crippen molar-refractivity contribution < 1.29 is 32.0 Å². The second-order valence-electron chi connectivity index (χ2n) is 7.62. The summed E-state index contributed by atoms with van der Waals surface area (Å²) in [4.78, 5) is 22.5. The van der Waals surface area contributed by atoms with Crippen LogP contribution in [0.4, 0.5) is 17.6 Å². The van der Waals surface area contributed by atoms with E-state index >= 15 is 0 Å². The highest BCUT2D eigenvalue weighted by Crippen LogP contribution is 2.51. The standard InChI is InChI=1S/C21H14BrCl2F4N3O3/c1-9-6-10(2-3-11(9)19(32)29-16-7-15(22)31-33-16)14-8-20(34-30-14,21(26,27)28)12-4-5-13(25)18(24)17(12)23/h2-6,16H,7-8H2,1H3,(H,29,32)/t16-,20-/m0/s1. The summed E-state index contributed by atoms with van der Waals surface area (Å²) in [6.07, 6.45) is -5.94. The van der Waals surface area contributed by atoms with Crippen molar-refractivity contribution >= 4 is 55.4 Å². The first-order valence-electron chi connectivity index (χ1n) is 9.69. The van der Waals surface area contributed by atoms with Crippen molar-refractivity contribution in [3.8, 4) is 0 Å². The van der Waals surface area contributed by atoms with E-state index in [9.17, 15) is 22.4 Å². The first-order valence-corrected chi connectivity index (χ1v) is 11.2. The Morgan fingerprint density at radius 1 is 1.21 bits per heavy atom. The molecule has 4 rings (SSSR count). The van der Waals surface area contributed by atoms with Gasteiger partial charge in [-0.25, -0.2) is 4.39 Å². The minimum Gasteiger partial charge on any atom is -0.374 e. The summed E-state index contributed by atoms with van der Waals surface area (Å²) in [7, 11) is 0. The van der Waals surface area contributed by atoms with Crippen LogP contribution in [-0.2, 0) is 15.3 Å². The largest absolute Gasteiger partial charge is 0.435 e. The van der Waals surface area contributed by atoms with E-state index < -0.39 is 51.8 Å². The number of carbonyl (C=O) groups is 1. The van der Waals surface area contributed by atoms with Crippen molar-refractivity contribution in [2.45, 2.75) is 37.8 Å². The number of amides is 1. The number of oxime groups is 2. The molecule has 6 nitrogen and oxygen atoms in total. The summed E-state index contributed by atoms with van der Waals surface area (Å²) in [5, 5.41) is 8.76. The van der Waals surface area contributed by atoms with Crippen LogP contribution in [0.15, 0.2) is 40.6 Å². The van der Waals surface area contributed by atoms with Crippen molar-refractivity contribution in [3.63, 3.8) is 0 Å². The van der Waals surface area contributed by atoms with E-state index in [1.807, 2.05) is 0 Å². The highest BCUT2D eigenvalue weighted by atomic mass is 79.9. The van der Waals surface area contributed by atoms with Gasteiger partial charge in [-0.05, 0) is 52.2 Å². The average molecular weight is 583 g/mol. The third kappa shape index (κ3) is 4.36. The molecule has 0 bridgehead atoms. The van der Waals surface area contributed by atoms with Crippen molar-refractivity contribution in [3.05, 3.63) is 68.4 Å². The Bertz CT molecular complexity index is 1240. The van der Waals surface area contributed by atoms with Crippen LogP contribution in [0.25, 0.3) is 0 Å². The van der Waals surface area contributed by atoms with Crippen molar-refractivity contribution in [1.82, 2.24) is 5.32 Å². The van der Waals surface area contributed by atoms with E-state index in [4.69, 9.17) is 32.9 Å². The zero-order valence-corrected chi connectivity index (χ0v) is 20.2. The van der Waals surface area contributed by atoms with Crippen molar-refractivity contribution in [1.29, 1.82) is 0 Å². The molecule has 2 heterocycles. The molecule has 0 radical (unpaired) electrons. The lowest BCUT2D eigenvalue weighted by molar-refractivity contribution is -0.275. The van der Waals surface area contributed by atoms with E-state index in [-0.39, 0.29) is 5.71 Å². The Balaban J connectivity index is 1.60. The maximum atomic E-state index is 14.2. The zero-order chi connectivity index (χ0) is 24.8. The van der Waals surface area contributed by atoms with Crippen LogP contribution >= 0.6 is 39.1 Å². The van der Waals surface area contributed by atoms with Gasteiger partial charge in [-0.15, -0.1) is 0 Å². The number of aryl methyl sites for hydroxylation is 1. The van der Waals surface area contributed by atoms with Crippen molar-refractivity contribution in [2.75, 3.05) is 0 Å². The average Bonchev–Trinajstić information content (AvgIpc) is 3.39. The van der Waals surface area contributed by atoms with Gasteiger partial charge in [0, 0.05) is 11.1 Å². The highest BCUT2D eigenvalue weighted by molar-refractivity contribution is 9.18. The summed E-state index contributed by atoms with van der Waals surface area (Å²) < 4.78 is 56.8. The molecule has 0 aliphatic carbocycles. The van der Waals surface area contributed by atoms with Gasteiger partial charge >= 0.3 is 6.18 Å². The first kappa shape index (κ1) is 24.7. The van der Waals surface area contributed by atoms with Gasteiger partial charge in [0.25, 0.3) is 11.5 Å². The molecular weight excluding hydrogens is 569 g/mol. The molecule has 0 saturated carbocycles. The van der Waals surface area contributed by atoms with Gasteiger partial charge in [0.1, 0.15) is 10.4 Å². The zero-order valence-electron chi connectivity index (χ0n) is 17.1. The number of halogens is 7. The molecule has 2 aromatic carbocycles. The van der Waals surface area contributed by atoms with Gasteiger partial charge in [0.2, 0.25) is 6.23 Å². The molecule has 0 aromatic heterocycles. The fraction of sp³-hybridized carbons (Fsp3) is 0.286. The van der Waals surface area contributed by atoms with Gasteiger partial charge in [0.05, 0.1) is 28.6 Å². The predicted octanol–water partition coefficient (Wildman–Crippen LogP) is 6.21. The number of carbonyl (C=O) groups excluding carboxylic acids is 1. The summed E-state index contributed by atoms with van der Waals surface area (Å²) in [6, 6.07) is 6.10. The van der Waals surface area contributed by atoms with Crippen LogP contribution in [0.5, 0.6) is 0 Å². The van der Waals surface area contributed by atoms with Gasteiger partial charge < -0.3 is 15.0 Å². The smallest absolute Gasteiger partial charge is 0.374 e. The SMILES string of the molecule is Cc1cc(C2=NO[C@@](c3ccc(F)c(Cl)c3Cl)(C(F)(F)F)C2)ccc1C(=O)N[C@@H]1CC(Br)=NO1. The summed E-state index contributed by atoms with van der Waals surface area (Å²) in [5.74, 6) is -1.40. The van der Waals surface area contributed by atoms with Crippen LogP contribution in [0.2, 0.25) is 10.0 Å². The molecule has 0 spiro atoms. The van der Waals surface area contributed by atoms with Crippen LogP contribution in [0.3, 0.4) is 0 Å². The van der Waals surface area contributed by atoms with Crippen LogP contribution in [0.1, 0.15) is 39.9 Å². The second kappa shape index (κ2) is 9.01. The monoisotopic (exact) mass is 581 g/mol. The summed E-state index contributed by atoms with van der Waals surface area (Å²) in [6.45, 7) is 1.63. The molecule has 2 aliphatic heterocycles. The lowest BCUT2D eigenvalue weighted by Crippen LogP contribution is -2.43. The third-order valence-electron chi connectivity index (χ3n) is 5.39. The molecule has 0 unspecified atom stereocenters. The van der Waals surface area contributed by atoms with Gasteiger partial charge in [-0.1, -0.05) is 45.6 Å². The molecule has 0 saturated heterocycles. The van der Waals surface area contributed by atoms with E-state index in [0.29, 0.717) is 27.7 Å². The maximum absolute atomic E-state index is 14.2. The number of benzene rings is 2. The number of alkyl halides is 3. The highest BCUT2D eigenvalue weighted by Gasteiger charge is 2.63. The Kier molecular flexibility index (Phi) is 6.56. The van der Waals surface area contributed by atoms with Gasteiger partial charge in [-0.3, -0.25) is 4.79 Å². The topological polar surface area (TPSA) is 72.3 Å². The molecule has 2 aromatic rings. The second-order valence-corrected chi connectivity index (χ2v) is 9.29. The fourth-order valence-corrected chi connectivity index (χ4v) is 4.47. The fourth-order valence-electron chi connectivity index (χ4n) is 3.62. The minimum absolute atomic E-state index is 0.0274. The number of rotatable bonds is 4. The molecule has 1 amide bonds. The Labute approximate surface area is 209 Å². The molecule has 1 N–H and O–H groups in total. The first-order chi connectivity index (χ1) is 15.9. The molecule has 180 valence electrons. The van der Waals surface area contributed by atoms with Gasteiger partial charge in [0.15, 0.2) is 0 Å². The predicted molar refractivity (Wildman–Crippen MR) is 121 cm³/mol. The number of nitrogens with zero attached hydrogens (tertiary/aromatic N) is 2. The van der Waals surface area contributed by atoms with E-state index in [0.717, 1.165) is 12.1 Å². The molecule has 2 aliphatic rings. The lowest BCUT2D eigenvalue weighted by Gasteiger charge is -2.30. The summed E-state index contributed by atoms with van der Waals surface area (Å²) in [5.41, 5.74) is -2.43. The molecule has 34 heavy (non-hydrogen) atoms. The maximum Gasteiger partial charge on any atom is 0.435 e. The number of hydrogen-bond acceptors (Lipinski definition) is 5. The van der Waals surface area contributed by atoms with E-state index in [1.165, 1.54) is 18.2 Å². The Morgan fingerprint density at radius 3 is 2.56 bits per heavy atom. The Hall–Kier alpha value is -2.37. The number of hydrogen-bond donors (Lipinski definition) is 1. The Morgan fingerprint density at radius 2 is 1.94 bits per heavy atom. The quantitative estimate of drug-likeness (QED) is 0.344. The van der Waals surface area contributed by atoms with Gasteiger partial charge in [-0.2, -0.15) is 13.2 Å². The molecule has 13 heteroatoms. The van der Waals surface area contributed by atoms with Crippen molar-refractivity contribution in [2.24, 2.45) is 10.3 Å². The summed E-state index contributed by atoms with van der Waals surface area (Å²) >= 11 is 14.9.